The number of phenols is 2. The van der Waals surface area contributed by atoms with Gasteiger partial charge in [0.15, 0.2) is 0 Å². The molecule has 2 N–H and O–H groups in total. The molecule has 0 aliphatic carbocycles. The first-order chi connectivity index (χ1) is 42.2. The van der Waals surface area contributed by atoms with Crippen molar-refractivity contribution in [2.24, 2.45) is 0 Å². The predicted octanol–water partition coefficient (Wildman–Crippen LogP) is 21.7. The highest BCUT2D eigenvalue weighted by Gasteiger charge is 2.72. The molecule has 12 aromatic carbocycles. The van der Waals surface area contributed by atoms with E-state index in [1.165, 1.54) is 24.3 Å². The van der Waals surface area contributed by atoms with Crippen LogP contribution in [0.2, 0.25) is 0 Å². The smallest absolute Gasteiger partial charge is 0.411 e. The monoisotopic (exact) mass is 1160 g/mol. The fraction of sp³-hybridized carbons (Fsp3) is 0.0400. The summed E-state index contributed by atoms with van der Waals surface area (Å²) < 4.78 is 96.8. The lowest BCUT2D eigenvalue weighted by molar-refractivity contribution is -0.288. The van der Waals surface area contributed by atoms with Gasteiger partial charge in [-0.2, -0.15) is 26.3 Å². The molecule has 0 spiro atoms. The summed E-state index contributed by atoms with van der Waals surface area (Å²) in [7, 11) is 0. The summed E-state index contributed by atoms with van der Waals surface area (Å²) in [5.74, 6) is 0.211. The Kier molecular flexibility index (Phi) is 15.5. The lowest BCUT2D eigenvalue weighted by Gasteiger charge is -2.39. The molecule has 87 heavy (non-hydrogen) atoms. The molecule has 12 rings (SSSR count). The first kappa shape index (κ1) is 56.5. The van der Waals surface area contributed by atoms with Gasteiger partial charge in [-0.1, -0.05) is 146 Å². The zero-order chi connectivity index (χ0) is 60.1. The van der Waals surface area contributed by atoms with Gasteiger partial charge in [0.1, 0.15) is 11.5 Å². The van der Waals surface area contributed by atoms with E-state index >= 15 is 26.3 Å². The van der Waals surface area contributed by atoms with Gasteiger partial charge in [-0.25, -0.2) is 0 Å². The Balaban J connectivity index is 0.932. The van der Waals surface area contributed by atoms with Crippen molar-refractivity contribution >= 4 is 68.2 Å². The summed E-state index contributed by atoms with van der Waals surface area (Å²) in [5.41, 5.74) is 4.90. The van der Waals surface area contributed by atoms with Gasteiger partial charge in [0.25, 0.3) is 0 Å². The van der Waals surface area contributed by atoms with Crippen LogP contribution in [-0.4, -0.2) is 22.6 Å². The molecule has 12 aromatic rings. The molecule has 0 saturated heterocycles. The van der Waals surface area contributed by atoms with Crippen LogP contribution in [0.15, 0.2) is 315 Å². The standard InChI is InChI=1S/C75H54F6N4O2/c76-74(77,78)73(75(79,80)81,57-29-37-65(38-30-57)84(63-33-21-53(22-34-63)55-25-49-71(86)50-26-55)69-45-41-67(42-46-69)82(59-13-5-1-6-14-59)60-15-7-2-8-16-60)58-31-39-66(40-32-58)85(64-35-23-54(24-36-64)56-27-51-72(87)52-28-56)70-47-43-68(44-48-70)83(61-17-9-3-10-18-61)62-19-11-4-12-20-62/h1-52,86-87H. The number of para-hydroxylation sites is 4. The number of halogens is 6. The van der Waals surface area contributed by atoms with Crippen LogP contribution in [0.4, 0.5) is 94.6 Å². The van der Waals surface area contributed by atoms with Gasteiger partial charge in [-0.3, -0.25) is 0 Å². The number of benzene rings is 12. The van der Waals surface area contributed by atoms with Crippen LogP contribution >= 0.6 is 0 Å². The minimum Gasteiger partial charge on any atom is -0.508 e. The first-order valence-electron chi connectivity index (χ1n) is 28.0. The Morgan fingerprint density at radius 2 is 0.356 bits per heavy atom. The van der Waals surface area contributed by atoms with E-state index in [9.17, 15) is 10.2 Å². The van der Waals surface area contributed by atoms with E-state index in [1.807, 2.05) is 218 Å². The SMILES string of the molecule is Oc1ccc(-c2ccc(N(c3ccc(N(c4ccccc4)c4ccccc4)cc3)c3ccc(C(c4ccc(N(c5ccc(-c6ccc(O)cc6)cc5)c5ccc(N(c6ccccc6)c6ccccc6)cc5)cc4)(C(F)(F)F)C(F)(F)F)cc3)cc2)cc1. The third-order valence-corrected chi connectivity index (χ3v) is 15.4. The first-order valence-corrected chi connectivity index (χ1v) is 28.0. The summed E-state index contributed by atoms with van der Waals surface area (Å²) in [6.45, 7) is 0. The number of nitrogens with zero attached hydrogens (tertiary/aromatic N) is 4. The van der Waals surface area contributed by atoms with Crippen LogP contribution in [0.3, 0.4) is 0 Å². The summed E-state index contributed by atoms with van der Waals surface area (Å²) in [6, 6.07) is 91.3. The molecule has 6 nitrogen and oxygen atoms in total. The van der Waals surface area contributed by atoms with Crippen molar-refractivity contribution in [2.45, 2.75) is 17.8 Å². The van der Waals surface area contributed by atoms with E-state index in [2.05, 4.69) is 9.80 Å². The van der Waals surface area contributed by atoms with Gasteiger partial charge < -0.3 is 29.8 Å². The van der Waals surface area contributed by atoms with Crippen molar-refractivity contribution in [2.75, 3.05) is 19.6 Å². The second kappa shape index (κ2) is 23.9. The maximum atomic E-state index is 16.1. The number of rotatable bonds is 16. The highest BCUT2D eigenvalue weighted by atomic mass is 19.4. The van der Waals surface area contributed by atoms with Crippen molar-refractivity contribution < 1.29 is 36.6 Å². The highest BCUT2D eigenvalue weighted by Crippen LogP contribution is 2.57. The molecule has 0 heterocycles. The second-order valence-electron chi connectivity index (χ2n) is 20.7. The number of phenolic OH excluding ortho intramolecular Hbond substituents is 2. The quantitative estimate of drug-likeness (QED) is 0.0941. The lowest BCUT2D eigenvalue weighted by Crippen LogP contribution is -2.54. The zero-order valence-corrected chi connectivity index (χ0v) is 46.5. The summed E-state index contributed by atoms with van der Waals surface area (Å²) in [6.07, 6.45) is -11.7. The molecule has 0 bridgehead atoms. The maximum absolute atomic E-state index is 16.1. The van der Waals surface area contributed by atoms with Crippen molar-refractivity contribution in [1.82, 2.24) is 0 Å². The molecular weight excluding hydrogens is 1100 g/mol. The Bertz CT molecular complexity index is 3840. The molecule has 0 fully saturated rings. The zero-order valence-electron chi connectivity index (χ0n) is 46.5. The second-order valence-corrected chi connectivity index (χ2v) is 20.7. The molecule has 0 unspecified atom stereocenters. The molecule has 0 atom stereocenters. The van der Waals surface area contributed by atoms with E-state index in [-0.39, 0.29) is 11.5 Å². The fourth-order valence-electron chi connectivity index (χ4n) is 11.2. The molecule has 12 heteroatoms. The van der Waals surface area contributed by atoms with E-state index in [0.29, 0.717) is 34.1 Å². The van der Waals surface area contributed by atoms with Crippen LogP contribution in [0.1, 0.15) is 11.1 Å². The molecule has 428 valence electrons. The molecule has 0 saturated carbocycles. The summed E-state index contributed by atoms with van der Waals surface area (Å²) in [4.78, 5) is 7.71. The van der Waals surface area contributed by atoms with Gasteiger partial charge in [0.05, 0.1) is 0 Å². The Hall–Kier alpha value is -11.0. The maximum Gasteiger partial charge on any atom is 0.411 e. The van der Waals surface area contributed by atoms with E-state index in [1.54, 1.807) is 58.3 Å². The minimum absolute atomic E-state index is 0.105. The van der Waals surface area contributed by atoms with E-state index < -0.39 is 28.9 Å². The average molecular weight is 1160 g/mol. The van der Waals surface area contributed by atoms with E-state index in [0.717, 1.165) is 80.6 Å². The molecule has 0 aromatic heterocycles. The van der Waals surface area contributed by atoms with Crippen LogP contribution in [0.25, 0.3) is 22.3 Å². The Morgan fingerprint density at radius 3 is 0.552 bits per heavy atom. The van der Waals surface area contributed by atoms with Gasteiger partial charge in [0, 0.05) is 68.2 Å². The summed E-state index contributed by atoms with van der Waals surface area (Å²) >= 11 is 0. The number of anilines is 12. The van der Waals surface area contributed by atoms with Gasteiger partial charge in [-0.15, -0.1) is 0 Å². The number of aromatic hydroxyl groups is 2. The van der Waals surface area contributed by atoms with Crippen molar-refractivity contribution in [3.8, 4) is 33.8 Å². The average Bonchev–Trinajstić information content (AvgIpc) is 0.789. The minimum atomic E-state index is -5.87. The molecule has 0 amide bonds. The molecule has 0 aliphatic heterocycles. The number of alkyl halides is 6. The number of hydrogen-bond donors (Lipinski definition) is 2. The van der Waals surface area contributed by atoms with Crippen molar-refractivity contribution in [3.05, 3.63) is 327 Å². The van der Waals surface area contributed by atoms with Crippen LogP contribution in [0, 0.1) is 0 Å². The Labute approximate surface area is 500 Å². The van der Waals surface area contributed by atoms with Crippen molar-refractivity contribution in [3.63, 3.8) is 0 Å². The normalized spacial score (nSPS) is 11.7. The Morgan fingerprint density at radius 1 is 0.195 bits per heavy atom. The lowest BCUT2D eigenvalue weighted by atomic mass is 9.72. The third-order valence-electron chi connectivity index (χ3n) is 15.4. The molecule has 0 radical (unpaired) electrons. The van der Waals surface area contributed by atoms with E-state index in [4.69, 9.17) is 0 Å². The molecular formula is C75H54F6N4O2. The topological polar surface area (TPSA) is 53.4 Å². The highest BCUT2D eigenvalue weighted by molar-refractivity contribution is 5.85. The fourth-order valence-corrected chi connectivity index (χ4v) is 11.2. The van der Waals surface area contributed by atoms with Gasteiger partial charge in [-0.05, 0) is 203 Å². The van der Waals surface area contributed by atoms with Gasteiger partial charge in [0.2, 0.25) is 5.41 Å². The summed E-state index contributed by atoms with van der Waals surface area (Å²) in [5, 5.41) is 19.9. The van der Waals surface area contributed by atoms with Gasteiger partial charge >= 0.3 is 12.4 Å². The van der Waals surface area contributed by atoms with Crippen molar-refractivity contribution in [1.29, 1.82) is 0 Å². The number of hydrogen-bond acceptors (Lipinski definition) is 6. The molecule has 0 aliphatic rings. The largest absolute Gasteiger partial charge is 0.508 e. The third kappa shape index (κ3) is 11.4. The van der Waals surface area contributed by atoms with Crippen LogP contribution in [0.5, 0.6) is 11.5 Å². The van der Waals surface area contributed by atoms with Crippen LogP contribution < -0.4 is 19.6 Å². The van der Waals surface area contributed by atoms with Crippen LogP contribution in [-0.2, 0) is 5.41 Å². The predicted molar refractivity (Wildman–Crippen MR) is 339 cm³/mol.